The number of aromatic nitrogens is 2. The molecule has 2 heterocycles. The van der Waals surface area contributed by atoms with Crippen molar-refractivity contribution >= 4 is 39.8 Å². The maximum absolute atomic E-state index is 15.2. The summed E-state index contributed by atoms with van der Waals surface area (Å²) in [6, 6.07) is 17.2. The van der Waals surface area contributed by atoms with Crippen LogP contribution in [0.5, 0.6) is 23.1 Å². The van der Waals surface area contributed by atoms with Gasteiger partial charge in [-0.05, 0) is 80.5 Å². The van der Waals surface area contributed by atoms with Crippen LogP contribution in [0.3, 0.4) is 0 Å². The lowest BCUT2D eigenvalue weighted by Crippen LogP contribution is -2.35. The monoisotopic (exact) mass is 629 g/mol. The molecular formula is C34H36FN5O4S. The number of rotatable bonds is 9. The Morgan fingerprint density at radius 3 is 2.51 bits per heavy atom. The first-order valence-electron chi connectivity index (χ1n) is 15.1. The lowest BCUT2D eigenvalue weighted by molar-refractivity contribution is -0.119. The highest BCUT2D eigenvalue weighted by molar-refractivity contribution is 7.80. The van der Waals surface area contributed by atoms with E-state index >= 15 is 4.39 Å². The number of carbonyl (C=O) groups excluding carboxylic acids is 1. The zero-order chi connectivity index (χ0) is 31.5. The van der Waals surface area contributed by atoms with Crippen molar-refractivity contribution < 1.29 is 23.4 Å². The molecule has 0 radical (unpaired) electrons. The SMILES string of the molecule is COc1cc2c(Oc3ccc(NC(=S)NC(=O)Cc4ccccc4)cc3F)ncnc2cc1OC(C)C1CC2CN(C)CC2C1. The molecule has 2 aliphatic rings. The van der Waals surface area contributed by atoms with Gasteiger partial charge in [0.1, 0.15) is 6.33 Å². The highest BCUT2D eigenvalue weighted by atomic mass is 32.1. The fourth-order valence-corrected chi connectivity index (χ4v) is 6.75. The molecule has 3 unspecified atom stereocenters. The third-order valence-electron chi connectivity index (χ3n) is 8.69. The van der Waals surface area contributed by atoms with Gasteiger partial charge in [0.05, 0.1) is 30.5 Å². The van der Waals surface area contributed by atoms with Crippen LogP contribution in [0.15, 0.2) is 67.0 Å². The largest absolute Gasteiger partial charge is 0.493 e. The van der Waals surface area contributed by atoms with Crippen LogP contribution in [0.25, 0.3) is 10.9 Å². The van der Waals surface area contributed by atoms with Gasteiger partial charge in [-0.3, -0.25) is 4.79 Å². The molecule has 1 amide bonds. The predicted octanol–water partition coefficient (Wildman–Crippen LogP) is 5.98. The number of nitrogens with one attached hydrogen (secondary N) is 2. The molecule has 1 saturated heterocycles. The normalized spacial score (nSPS) is 20.0. The van der Waals surface area contributed by atoms with E-state index in [0.717, 1.165) is 30.5 Å². The highest BCUT2D eigenvalue weighted by Gasteiger charge is 2.42. The molecule has 2 N–H and O–H groups in total. The molecule has 234 valence electrons. The van der Waals surface area contributed by atoms with Gasteiger partial charge in [-0.15, -0.1) is 0 Å². The number of amides is 1. The molecule has 0 spiro atoms. The number of nitrogens with zero attached hydrogens (tertiary/aromatic N) is 3. The van der Waals surface area contributed by atoms with Crippen molar-refractivity contribution in [1.29, 1.82) is 0 Å². The van der Waals surface area contributed by atoms with E-state index in [4.69, 9.17) is 26.4 Å². The van der Waals surface area contributed by atoms with Crippen LogP contribution in [0.4, 0.5) is 10.1 Å². The van der Waals surface area contributed by atoms with Crippen molar-refractivity contribution in [3.05, 3.63) is 78.4 Å². The average molecular weight is 630 g/mol. The predicted molar refractivity (Wildman–Crippen MR) is 174 cm³/mol. The van der Waals surface area contributed by atoms with E-state index in [1.165, 1.54) is 31.3 Å². The number of fused-ring (bicyclic) bond motifs is 2. The zero-order valence-corrected chi connectivity index (χ0v) is 26.3. The average Bonchev–Trinajstić information content (AvgIpc) is 3.56. The second-order valence-electron chi connectivity index (χ2n) is 11.9. The summed E-state index contributed by atoms with van der Waals surface area (Å²) in [5, 5.41) is 6.06. The van der Waals surface area contributed by atoms with Gasteiger partial charge in [0.25, 0.3) is 0 Å². The van der Waals surface area contributed by atoms with Crippen LogP contribution in [-0.4, -0.2) is 59.2 Å². The Balaban J connectivity index is 1.11. The topological polar surface area (TPSA) is 97.8 Å². The Kier molecular flexibility index (Phi) is 9.09. The van der Waals surface area contributed by atoms with Gasteiger partial charge >= 0.3 is 0 Å². The van der Waals surface area contributed by atoms with Crippen molar-refractivity contribution in [3.63, 3.8) is 0 Å². The summed E-state index contributed by atoms with van der Waals surface area (Å²) in [4.78, 5) is 23.4. The molecule has 1 aliphatic carbocycles. The maximum Gasteiger partial charge on any atom is 0.230 e. The van der Waals surface area contributed by atoms with Gasteiger partial charge in [-0.25, -0.2) is 14.4 Å². The number of hydrogen-bond donors (Lipinski definition) is 2. The first kappa shape index (κ1) is 30.7. The molecule has 1 saturated carbocycles. The molecule has 45 heavy (non-hydrogen) atoms. The minimum Gasteiger partial charge on any atom is -0.493 e. The molecule has 0 bridgehead atoms. The second-order valence-corrected chi connectivity index (χ2v) is 12.3. The molecule has 1 aromatic heterocycles. The van der Waals surface area contributed by atoms with E-state index in [1.807, 2.05) is 36.4 Å². The van der Waals surface area contributed by atoms with E-state index in [-0.39, 0.29) is 35.2 Å². The molecular weight excluding hydrogens is 593 g/mol. The highest BCUT2D eigenvalue weighted by Crippen LogP contribution is 2.44. The minimum absolute atomic E-state index is 0.0242. The van der Waals surface area contributed by atoms with E-state index < -0.39 is 5.82 Å². The number of hydrogen-bond acceptors (Lipinski definition) is 8. The standard InChI is InChI=1S/C34H36FN5O4S/c1-20(22-12-23-17-40(2)18-24(23)13-22)43-31-16-28-26(15-30(31)42-3)33(37-19-36-28)44-29-10-9-25(14-27(29)35)38-34(45)39-32(41)11-21-7-5-4-6-8-21/h4-10,14-16,19-20,22-24H,11-13,17-18H2,1-3H3,(H2,38,39,41,45). The van der Waals surface area contributed by atoms with Crippen molar-refractivity contribution in [3.8, 4) is 23.1 Å². The fraction of sp³-hybridized carbons (Fsp3) is 0.353. The summed E-state index contributed by atoms with van der Waals surface area (Å²) in [7, 11) is 3.78. The van der Waals surface area contributed by atoms with E-state index in [9.17, 15) is 4.79 Å². The lowest BCUT2D eigenvalue weighted by atomic mass is 10.00. The van der Waals surface area contributed by atoms with Crippen LogP contribution in [0, 0.1) is 23.6 Å². The molecule has 3 aromatic carbocycles. The van der Waals surface area contributed by atoms with E-state index in [2.05, 4.69) is 39.5 Å². The van der Waals surface area contributed by atoms with Crippen LogP contribution >= 0.6 is 12.2 Å². The summed E-state index contributed by atoms with van der Waals surface area (Å²) in [5.74, 6) is 2.31. The first-order valence-corrected chi connectivity index (χ1v) is 15.5. The van der Waals surface area contributed by atoms with Crippen molar-refractivity contribution in [2.75, 3.05) is 32.6 Å². The maximum atomic E-state index is 15.2. The van der Waals surface area contributed by atoms with Gasteiger partial charge in [-0.1, -0.05) is 30.3 Å². The van der Waals surface area contributed by atoms with Crippen LogP contribution < -0.4 is 24.8 Å². The summed E-state index contributed by atoms with van der Waals surface area (Å²) >= 11 is 5.24. The van der Waals surface area contributed by atoms with Crippen molar-refractivity contribution in [1.82, 2.24) is 20.2 Å². The second kappa shape index (κ2) is 13.3. The van der Waals surface area contributed by atoms with E-state index in [1.54, 1.807) is 19.2 Å². The first-order chi connectivity index (χ1) is 21.7. The third kappa shape index (κ3) is 7.15. The molecule has 4 aromatic rings. The Morgan fingerprint density at radius 2 is 1.80 bits per heavy atom. The molecule has 3 atom stereocenters. The molecule has 11 heteroatoms. The Morgan fingerprint density at radius 1 is 1.04 bits per heavy atom. The number of likely N-dealkylation sites (tertiary alicyclic amines) is 1. The van der Waals surface area contributed by atoms with Crippen LogP contribution in [0.1, 0.15) is 25.3 Å². The Bertz CT molecular complexity index is 1690. The number of anilines is 1. The Labute approximate surface area is 267 Å². The number of halogens is 1. The summed E-state index contributed by atoms with van der Waals surface area (Å²) in [5.41, 5.74) is 1.80. The van der Waals surface area contributed by atoms with Gasteiger partial charge in [0, 0.05) is 30.9 Å². The van der Waals surface area contributed by atoms with Gasteiger partial charge in [-0.2, -0.15) is 0 Å². The number of methoxy groups -OCH3 is 1. The van der Waals surface area contributed by atoms with Crippen LogP contribution in [0.2, 0.25) is 0 Å². The Hall–Kier alpha value is -4.35. The zero-order valence-electron chi connectivity index (χ0n) is 25.5. The van der Waals surface area contributed by atoms with E-state index in [0.29, 0.717) is 34.0 Å². The minimum atomic E-state index is -0.640. The molecule has 9 nitrogen and oxygen atoms in total. The van der Waals surface area contributed by atoms with Crippen molar-refractivity contribution in [2.24, 2.45) is 17.8 Å². The quantitative estimate of drug-likeness (QED) is 0.217. The summed E-state index contributed by atoms with van der Waals surface area (Å²) in [6.07, 6.45) is 3.90. The van der Waals surface area contributed by atoms with Gasteiger partial charge in [0.15, 0.2) is 28.2 Å². The number of benzene rings is 3. The van der Waals surface area contributed by atoms with Crippen molar-refractivity contribution in [2.45, 2.75) is 32.3 Å². The van der Waals surface area contributed by atoms with Gasteiger partial charge < -0.3 is 29.7 Å². The third-order valence-corrected chi connectivity index (χ3v) is 8.89. The lowest BCUT2D eigenvalue weighted by Gasteiger charge is -2.24. The van der Waals surface area contributed by atoms with Crippen LogP contribution in [-0.2, 0) is 11.2 Å². The summed E-state index contributed by atoms with van der Waals surface area (Å²) < 4.78 is 33.2. The number of carbonyl (C=O) groups is 1. The van der Waals surface area contributed by atoms with Gasteiger partial charge in [0.2, 0.25) is 11.8 Å². The smallest absolute Gasteiger partial charge is 0.230 e. The molecule has 6 rings (SSSR count). The molecule has 1 aliphatic heterocycles. The number of thiocarbonyl (C=S) groups is 1. The molecule has 2 fully saturated rings. The fourth-order valence-electron chi connectivity index (χ4n) is 6.51. The summed E-state index contributed by atoms with van der Waals surface area (Å²) in [6.45, 7) is 4.45. The number of ether oxygens (including phenoxy) is 3.